The van der Waals surface area contributed by atoms with Crippen LogP contribution in [0.5, 0.6) is 0 Å². The minimum atomic E-state index is 0.0590. The van der Waals surface area contributed by atoms with E-state index in [9.17, 15) is 4.79 Å². The van der Waals surface area contributed by atoms with Crippen molar-refractivity contribution in [1.82, 2.24) is 14.9 Å². The van der Waals surface area contributed by atoms with Gasteiger partial charge >= 0.3 is 0 Å². The van der Waals surface area contributed by atoms with Crippen LogP contribution in [0.1, 0.15) is 27.6 Å². The van der Waals surface area contributed by atoms with Crippen LogP contribution in [0.3, 0.4) is 0 Å². The molecule has 2 aromatic heterocycles. The fourth-order valence-electron chi connectivity index (χ4n) is 3.63. The molecule has 0 N–H and O–H groups in total. The topological polar surface area (TPSA) is 55.3 Å². The fraction of sp³-hybridized carbons (Fsp3) is 0.562. The van der Waals surface area contributed by atoms with E-state index in [1.807, 2.05) is 17.2 Å². The summed E-state index contributed by atoms with van der Waals surface area (Å²) in [7, 11) is 0. The van der Waals surface area contributed by atoms with Crippen molar-refractivity contribution >= 4 is 28.6 Å². The zero-order valence-corrected chi connectivity index (χ0v) is 14.6. The highest BCUT2D eigenvalue weighted by Gasteiger charge is 2.42. The van der Waals surface area contributed by atoms with E-state index in [-0.39, 0.29) is 12.0 Å². The van der Waals surface area contributed by atoms with Gasteiger partial charge in [-0.05, 0) is 19.3 Å². The van der Waals surface area contributed by atoms with Crippen molar-refractivity contribution in [1.29, 1.82) is 0 Å². The van der Waals surface area contributed by atoms with Crippen molar-refractivity contribution in [2.24, 2.45) is 11.8 Å². The molecule has 0 saturated carbocycles. The van der Waals surface area contributed by atoms with Crippen LogP contribution in [0.2, 0.25) is 0 Å². The summed E-state index contributed by atoms with van der Waals surface area (Å²) in [5, 5.41) is 5.08. The van der Waals surface area contributed by atoms with E-state index in [0.29, 0.717) is 17.5 Å². The van der Waals surface area contributed by atoms with Crippen LogP contribution in [0, 0.1) is 18.8 Å². The summed E-state index contributed by atoms with van der Waals surface area (Å²) < 4.78 is 6.05. The lowest BCUT2D eigenvalue weighted by Crippen LogP contribution is -2.44. The van der Waals surface area contributed by atoms with Gasteiger partial charge in [0.25, 0.3) is 5.91 Å². The van der Waals surface area contributed by atoms with Crippen molar-refractivity contribution in [3.63, 3.8) is 0 Å². The van der Waals surface area contributed by atoms with Crippen molar-refractivity contribution in [2.45, 2.75) is 25.9 Å². The molecule has 7 heteroatoms. The molecule has 0 radical (unpaired) electrons. The summed E-state index contributed by atoms with van der Waals surface area (Å²) in [6.45, 7) is 4.37. The number of nitrogens with zero attached hydrogens (tertiary/aromatic N) is 3. The average molecular weight is 349 g/mol. The second-order valence-electron chi connectivity index (χ2n) is 6.30. The van der Waals surface area contributed by atoms with Crippen LogP contribution in [-0.2, 0) is 11.2 Å². The number of fused-ring (bicyclic) bond motifs is 1. The number of thiazole rings is 2. The lowest BCUT2D eigenvalue weighted by molar-refractivity contribution is 0.0607. The summed E-state index contributed by atoms with van der Waals surface area (Å²) in [5.74, 6) is 1.04. The number of amides is 1. The molecule has 2 fully saturated rings. The number of carbonyl (C=O) groups is 1. The molecule has 0 spiro atoms. The Labute approximate surface area is 143 Å². The van der Waals surface area contributed by atoms with Gasteiger partial charge in [-0.2, -0.15) is 0 Å². The molecule has 5 nitrogen and oxygen atoms in total. The first-order valence-electron chi connectivity index (χ1n) is 7.91. The Morgan fingerprint density at radius 3 is 3.13 bits per heavy atom. The van der Waals surface area contributed by atoms with E-state index < -0.39 is 0 Å². The Bertz CT molecular complexity index is 685. The van der Waals surface area contributed by atoms with E-state index in [2.05, 4.69) is 15.3 Å². The summed E-state index contributed by atoms with van der Waals surface area (Å²) >= 11 is 3.18. The Morgan fingerprint density at radius 2 is 2.39 bits per heavy atom. The van der Waals surface area contributed by atoms with E-state index in [1.54, 1.807) is 16.8 Å². The monoisotopic (exact) mass is 349 g/mol. The maximum absolute atomic E-state index is 12.4. The van der Waals surface area contributed by atoms with Gasteiger partial charge in [0.15, 0.2) is 0 Å². The summed E-state index contributed by atoms with van der Waals surface area (Å²) in [5.41, 5.74) is 3.37. The van der Waals surface area contributed by atoms with E-state index in [1.165, 1.54) is 11.3 Å². The quantitative estimate of drug-likeness (QED) is 0.855. The molecule has 2 saturated heterocycles. The van der Waals surface area contributed by atoms with Gasteiger partial charge in [0, 0.05) is 41.9 Å². The third-order valence-corrected chi connectivity index (χ3v) is 6.35. The number of hydrogen-bond acceptors (Lipinski definition) is 6. The van der Waals surface area contributed by atoms with Gasteiger partial charge in [0.1, 0.15) is 5.69 Å². The molecule has 0 bridgehead atoms. The molecule has 0 unspecified atom stereocenters. The average Bonchev–Trinajstić information content (AvgIpc) is 3.28. The number of aromatic nitrogens is 2. The zero-order chi connectivity index (χ0) is 15.8. The standard InChI is InChI=1S/C16H19N3O2S2/c1-10-7-23-15(18-10)4-14-12-2-3-19(5-11(12)6-21-14)16(20)13-8-22-9-17-13/h7-9,11-12,14H,2-6H2,1H3/t11-,12-,14-/m0/s1. The Morgan fingerprint density at radius 1 is 1.48 bits per heavy atom. The number of carbonyl (C=O) groups excluding carboxylic acids is 1. The van der Waals surface area contributed by atoms with Crippen LogP contribution in [0.4, 0.5) is 0 Å². The van der Waals surface area contributed by atoms with Crippen LogP contribution in [0.15, 0.2) is 16.3 Å². The van der Waals surface area contributed by atoms with Gasteiger partial charge in [-0.25, -0.2) is 9.97 Å². The third-order valence-electron chi connectivity index (χ3n) is 4.78. The highest BCUT2D eigenvalue weighted by Crippen LogP contribution is 2.36. The summed E-state index contributed by atoms with van der Waals surface area (Å²) in [4.78, 5) is 23.1. The highest BCUT2D eigenvalue weighted by molar-refractivity contribution is 7.09. The van der Waals surface area contributed by atoms with Crippen LogP contribution < -0.4 is 0 Å². The predicted molar refractivity (Wildman–Crippen MR) is 89.9 cm³/mol. The maximum atomic E-state index is 12.4. The Kier molecular flexibility index (Phi) is 4.17. The lowest BCUT2D eigenvalue weighted by atomic mass is 9.83. The number of hydrogen-bond donors (Lipinski definition) is 0. The lowest BCUT2D eigenvalue weighted by Gasteiger charge is -2.35. The van der Waals surface area contributed by atoms with Gasteiger partial charge in [-0.3, -0.25) is 4.79 Å². The first kappa shape index (κ1) is 15.2. The van der Waals surface area contributed by atoms with Gasteiger partial charge in [-0.15, -0.1) is 22.7 Å². The largest absolute Gasteiger partial charge is 0.377 e. The molecule has 1 amide bonds. The Hall–Kier alpha value is -1.31. The van der Waals surface area contributed by atoms with Gasteiger partial charge in [0.2, 0.25) is 0 Å². The van der Waals surface area contributed by atoms with Crippen LogP contribution in [-0.4, -0.2) is 46.6 Å². The van der Waals surface area contributed by atoms with Gasteiger partial charge in [0.05, 0.1) is 23.2 Å². The minimum absolute atomic E-state index is 0.0590. The number of rotatable bonds is 3. The molecule has 122 valence electrons. The van der Waals surface area contributed by atoms with E-state index in [0.717, 1.165) is 43.2 Å². The molecule has 0 aromatic carbocycles. The SMILES string of the molecule is Cc1csc(C[C@@H]2OC[C@@H]3CN(C(=O)c4cscn4)CC[C@@H]32)n1. The van der Waals surface area contributed by atoms with Crippen LogP contribution in [0.25, 0.3) is 0 Å². The van der Waals surface area contributed by atoms with Crippen molar-refractivity contribution < 1.29 is 9.53 Å². The molecule has 3 atom stereocenters. The van der Waals surface area contributed by atoms with Crippen molar-refractivity contribution in [3.8, 4) is 0 Å². The van der Waals surface area contributed by atoms with Crippen molar-refractivity contribution in [2.75, 3.05) is 19.7 Å². The molecular formula is C16H19N3O2S2. The van der Waals surface area contributed by atoms with Crippen LogP contribution >= 0.6 is 22.7 Å². The zero-order valence-electron chi connectivity index (χ0n) is 13.0. The number of aryl methyl sites for hydroxylation is 1. The normalized spacial score (nSPS) is 27.2. The maximum Gasteiger partial charge on any atom is 0.273 e. The molecule has 4 rings (SSSR count). The second kappa shape index (κ2) is 6.30. The molecule has 4 heterocycles. The number of likely N-dealkylation sites (tertiary alicyclic amines) is 1. The fourth-order valence-corrected chi connectivity index (χ4v) is 4.97. The smallest absolute Gasteiger partial charge is 0.273 e. The summed E-state index contributed by atoms with van der Waals surface area (Å²) in [6, 6.07) is 0. The molecule has 2 aliphatic rings. The van der Waals surface area contributed by atoms with Gasteiger partial charge < -0.3 is 9.64 Å². The molecule has 0 aliphatic carbocycles. The molecule has 2 aromatic rings. The molecular weight excluding hydrogens is 330 g/mol. The van der Waals surface area contributed by atoms with Gasteiger partial charge in [-0.1, -0.05) is 0 Å². The first-order valence-corrected chi connectivity index (χ1v) is 9.73. The molecule has 23 heavy (non-hydrogen) atoms. The van der Waals surface area contributed by atoms with Crippen molar-refractivity contribution in [3.05, 3.63) is 32.7 Å². The third kappa shape index (κ3) is 3.05. The predicted octanol–water partition coefficient (Wildman–Crippen LogP) is 2.63. The Balaban J connectivity index is 1.39. The first-order chi connectivity index (χ1) is 11.2. The molecule has 2 aliphatic heterocycles. The summed E-state index contributed by atoms with van der Waals surface area (Å²) in [6.07, 6.45) is 2.16. The number of ether oxygens (including phenoxy) is 1. The minimum Gasteiger partial charge on any atom is -0.377 e. The second-order valence-corrected chi connectivity index (χ2v) is 7.96. The van der Waals surface area contributed by atoms with E-state index in [4.69, 9.17) is 4.74 Å². The van der Waals surface area contributed by atoms with E-state index >= 15 is 0 Å². The highest BCUT2D eigenvalue weighted by atomic mass is 32.1. The number of piperidine rings is 1.